The molecule has 2 aromatic rings. The molecule has 0 spiro atoms. The molecule has 2 fully saturated rings. The third-order valence-electron chi connectivity index (χ3n) is 6.15. The Kier molecular flexibility index (Phi) is 5.20. The minimum Gasteiger partial charge on any atom is -0.373 e. The van der Waals surface area contributed by atoms with Gasteiger partial charge in [0.2, 0.25) is 0 Å². The van der Waals surface area contributed by atoms with Crippen LogP contribution >= 0.6 is 11.6 Å². The third-order valence-corrected chi connectivity index (χ3v) is 6.48. The summed E-state index contributed by atoms with van der Waals surface area (Å²) in [7, 11) is 2.13. The molecule has 3 aliphatic rings. The van der Waals surface area contributed by atoms with Gasteiger partial charge < -0.3 is 15.1 Å². The molecule has 0 radical (unpaired) electrons. The molecule has 0 saturated carbocycles. The Bertz CT molecular complexity index is 1090. The van der Waals surface area contributed by atoms with Crippen molar-refractivity contribution in [3.05, 3.63) is 76.1 Å². The number of hydrogen-bond acceptors (Lipinski definition) is 5. The summed E-state index contributed by atoms with van der Waals surface area (Å²) in [6.45, 7) is 6.35. The molecule has 0 aliphatic carbocycles. The fraction of sp³-hybridized carbons (Fsp3) is 0.333. The number of anilines is 1. The monoisotopic (exact) mass is 435 g/mol. The number of nitrogens with one attached hydrogen (secondary N) is 1. The van der Waals surface area contributed by atoms with Crippen LogP contribution in [0.15, 0.2) is 59.4 Å². The second kappa shape index (κ2) is 8.02. The number of benzene rings is 2. The van der Waals surface area contributed by atoms with Gasteiger partial charge in [-0.05, 0) is 32.2 Å². The molecule has 2 saturated heterocycles. The minimum absolute atomic E-state index is 0.00959. The van der Waals surface area contributed by atoms with Crippen LogP contribution < -0.4 is 10.2 Å². The molecule has 1 N–H and O–H groups in total. The van der Waals surface area contributed by atoms with E-state index in [1.807, 2.05) is 47.5 Å². The Morgan fingerprint density at radius 3 is 2.65 bits per heavy atom. The van der Waals surface area contributed by atoms with Crippen LogP contribution in [0, 0.1) is 6.92 Å². The molecule has 1 amide bonds. The maximum absolute atomic E-state index is 13.5. The van der Waals surface area contributed by atoms with Crippen LogP contribution in [0.25, 0.3) is 0 Å². The highest BCUT2D eigenvalue weighted by Gasteiger charge is 2.39. The van der Waals surface area contributed by atoms with Crippen LogP contribution in [0.2, 0.25) is 5.02 Å². The number of rotatable bonds is 2. The summed E-state index contributed by atoms with van der Waals surface area (Å²) in [5.41, 5.74) is 5.27. The fourth-order valence-corrected chi connectivity index (χ4v) is 4.63. The maximum atomic E-state index is 13.5. The van der Waals surface area contributed by atoms with Crippen LogP contribution in [-0.4, -0.2) is 67.4 Å². The number of halogens is 1. The van der Waals surface area contributed by atoms with Crippen LogP contribution in [-0.2, 0) is 4.79 Å². The largest absolute Gasteiger partial charge is 0.373 e. The van der Waals surface area contributed by atoms with Gasteiger partial charge in [-0.1, -0.05) is 41.4 Å². The van der Waals surface area contributed by atoms with E-state index < -0.39 is 0 Å². The van der Waals surface area contributed by atoms with Gasteiger partial charge in [-0.2, -0.15) is 0 Å². The quantitative estimate of drug-likeness (QED) is 0.737. The molecule has 1 atom stereocenters. The van der Waals surface area contributed by atoms with E-state index in [1.165, 1.54) is 0 Å². The lowest BCUT2D eigenvalue weighted by Crippen LogP contribution is -2.42. The molecular formula is C24H26ClN5O. The second-order valence-electron chi connectivity index (χ2n) is 8.41. The number of carbonyl (C=O) groups is 1. The van der Waals surface area contributed by atoms with E-state index in [9.17, 15) is 4.79 Å². The molecule has 5 rings (SSSR count). The number of piperazine rings is 1. The number of likely N-dealkylation sites (N-methyl/N-ethyl adjacent to an activating group) is 1. The van der Waals surface area contributed by atoms with E-state index in [0.717, 1.165) is 54.3 Å². The van der Waals surface area contributed by atoms with E-state index >= 15 is 0 Å². The molecule has 2 aromatic carbocycles. The van der Waals surface area contributed by atoms with Gasteiger partial charge in [0, 0.05) is 48.5 Å². The number of hydrogen-bond donors (Lipinski definition) is 1. The second-order valence-corrected chi connectivity index (χ2v) is 8.81. The van der Waals surface area contributed by atoms with Gasteiger partial charge in [0.15, 0.2) is 0 Å². The number of fused-ring (bicyclic) bond motifs is 3. The maximum Gasteiger partial charge on any atom is 0.277 e. The Morgan fingerprint density at radius 2 is 1.87 bits per heavy atom. The SMILES string of the molecule is Cc1ccc2c(c1)C(c1ccccc1Cl)=NCC1N/C(=C\N3CCN(C)CC3)C(=O)N21. The molecule has 6 nitrogen and oxygen atoms in total. The average Bonchev–Trinajstić information content (AvgIpc) is 2.97. The minimum atomic E-state index is -0.215. The normalized spacial score (nSPS) is 22.7. The summed E-state index contributed by atoms with van der Waals surface area (Å²) in [5.74, 6) is -0.00959. The molecular weight excluding hydrogens is 410 g/mol. The number of nitrogens with zero attached hydrogens (tertiary/aromatic N) is 4. The van der Waals surface area contributed by atoms with Gasteiger partial charge in [-0.25, -0.2) is 0 Å². The first kappa shape index (κ1) is 20.1. The van der Waals surface area contributed by atoms with E-state index in [0.29, 0.717) is 17.3 Å². The van der Waals surface area contributed by atoms with E-state index in [2.05, 4.69) is 35.2 Å². The van der Waals surface area contributed by atoms with Crippen molar-refractivity contribution in [2.24, 2.45) is 4.99 Å². The predicted molar refractivity (Wildman–Crippen MR) is 125 cm³/mol. The summed E-state index contributed by atoms with van der Waals surface area (Å²) in [6, 6.07) is 13.9. The number of carbonyl (C=O) groups excluding carboxylic acids is 1. The fourth-order valence-electron chi connectivity index (χ4n) is 4.40. The standard InChI is InChI=1S/C24H26ClN5O/c1-16-7-8-21-18(13-16)23(17-5-3-4-6-19(17)25)26-14-22-27-20(24(31)30(21)22)15-29-11-9-28(2)10-12-29/h3-8,13,15,22,27H,9-12,14H2,1-2H3/b20-15-. The van der Waals surface area contributed by atoms with E-state index in [4.69, 9.17) is 16.6 Å². The van der Waals surface area contributed by atoms with Gasteiger partial charge in [0.25, 0.3) is 5.91 Å². The summed E-state index contributed by atoms with van der Waals surface area (Å²) in [5, 5.41) is 4.08. The Labute approximate surface area is 187 Å². The lowest BCUT2D eigenvalue weighted by Gasteiger charge is -2.31. The van der Waals surface area contributed by atoms with Crippen molar-refractivity contribution in [2.45, 2.75) is 13.1 Å². The Hall–Kier alpha value is -2.83. The zero-order valence-corrected chi connectivity index (χ0v) is 18.6. The summed E-state index contributed by atoms with van der Waals surface area (Å²) >= 11 is 6.51. The van der Waals surface area contributed by atoms with Crippen molar-refractivity contribution in [2.75, 3.05) is 44.7 Å². The number of amides is 1. The highest BCUT2D eigenvalue weighted by Crippen LogP contribution is 2.34. The topological polar surface area (TPSA) is 51.2 Å². The first-order chi connectivity index (χ1) is 15.0. The molecule has 3 aliphatic heterocycles. The lowest BCUT2D eigenvalue weighted by atomic mass is 9.98. The molecule has 31 heavy (non-hydrogen) atoms. The highest BCUT2D eigenvalue weighted by atomic mass is 35.5. The van der Waals surface area contributed by atoms with Crippen LogP contribution in [0.5, 0.6) is 0 Å². The van der Waals surface area contributed by atoms with Crippen LogP contribution in [0.1, 0.15) is 16.7 Å². The number of aliphatic imine (C=N–C) groups is 1. The van der Waals surface area contributed by atoms with Crippen molar-refractivity contribution in [1.29, 1.82) is 0 Å². The number of aryl methyl sites for hydroxylation is 1. The van der Waals surface area contributed by atoms with Gasteiger partial charge in [0.05, 0.1) is 17.9 Å². The zero-order chi connectivity index (χ0) is 21.5. The molecule has 160 valence electrons. The lowest BCUT2D eigenvalue weighted by molar-refractivity contribution is -0.114. The molecule has 0 bridgehead atoms. The molecule has 1 unspecified atom stereocenters. The first-order valence-electron chi connectivity index (χ1n) is 10.7. The zero-order valence-electron chi connectivity index (χ0n) is 17.8. The van der Waals surface area contributed by atoms with Crippen molar-refractivity contribution < 1.29 is 4.79 Å². The van der Waals surface area contributed by atoms with Crippen molar-refractivity contribution >= 4 is 28.9 Å². The van der Waals surface area contributed by atoms with Crippen molar-refractivity contribution in [3.63, 3.8) is 0 Å². The molecule has 0 aromatic heterocycles. The van der Waals surface area contributed by atoms with E-state index in [-0.39, 0.29) is 12.1 Å². The molecule has 3 heterocycles. The van der Waals surface area contributed by atoms with Gasteiger partial charge in [0.1, 0.15) is 11.9 Å². The highest BCUT2D eigenvalue weighted by molar-refractivity contribution is 6.36. The van der Waals surface area contributed by atoms with Crippen molar-refractivity contribution in [3.8, 4) is 0 Å². The van der Waals surface area contributed by atoms with Gasteiger partial charge >= 0.3 is 0 Å². The third kappa shape index (κ3) is 3.70. The Morgan fingerprint density at radius 1 is 1.10 bits per heavy atom. The summed E-state index contributed by atoms with van der Waals surface area (Å²) in [4.78, 5) is 24.8. The van der Waals surface area contributed by atoms with E-state index in [1.54, 1.807) is 0 Å². The van der Waals surface area contributed by atoms with Crippen LogP contribution in [0.3, 0.4) is 0 Å². The van der Waals surface area contributed by atoms with Gasteiger partial charge in [-0.15, -0.1) is 0 Å². The first-order valence-corrected chi connectivity index (χ1v) is 11.0. The average molecular weight is 436 g/mol. The Balaban J connectivity index is 1.53. The van der Waals surface area contributed by atoms with Gasteiger partial charge in [-0.3, -0.25) is 14.7 Å². The summed E-state index contributed by atoms with van der Waals surface area (Å²) in [6.07, 6.45) is 1.77. The molecule has 7 heteroatoms. The van der Waals surface area contributed by atoms with Crippen molar-refractivity contribution in [1.82, 2.24) is 15.1 Å². The van der Waals surface area contributed by atoms with Crippen LogP contribution in [0.4, 0.5) is 5.69 Å². The smallest absolute Gasteiger partial charge is 0.277 e. The predicted octanol–water partition coefficient (Wildman–Crippen LogP) is 2.85. The summed E-state index contributed by atoms with van der Waals surface area (Å²) < 4.78 is 0.